The number of thioether (sulfide) groups is 1. The van der Waals surface area contributed by atoms with Crippen LogP contribution in [0.15, 0.2) is 41.9 Å². The number of nitrogens with zero attached hydrogens (tertiary/aromatic N) is 3. The first-order chi connectivity index (χ1) is 12.8. The standard InChI is InChI=1S/C19H25N3O2S2/c23-19(16-25-14-12-24-17-5-2-1-3-6-17)22-9-4-8-21(10-11-22)15-18-20-7-13-26-18/h1-3,5-7,13H,4,8-12,14-16H2. The maximum atomic E-state index is 12.4. The molecule has 5 nitrogen and oxygen atoms in total. The fourth-order valence-corrected chi connectivity index (χ4v) is 4.25. The molecule has 26 heavy (non-hydrogen) atoms. The number of aromatic nitrogens is 1. The van der Waals surface area contributed by atoms with E-state index >= 15 is 0 Å². The molecule has 3 rings (SSSR count). The van der Waals surface area contributed by atoms with Crippen LogP contribution in [0.1, 0.15) is 11.4 Å². The monoisotopic (exact) mass is 391 g/mol. The molecule has 1 amide bonds. The molecule has 0 spiro atoms. The number of hydrogen-bond donors (Lipinski definition) is 0. The van der Waals surface area contributed by atoms with Crippen molar-refractivity contribution in [1.82, 2.24) is 14.8 Å². The fraction of sp³-hybridized carbons (Fsp3) is 0.474. The van der Waals surface area contributed by atoms with Gasteiger partial charge in [-0.15, -0.1) is 23.1 Å². The smallest absolute Gasteiger partial charge is 0.232 e. The van der Waals surface area contributed by atoms with Crippen LogP contribution < -0.4 is 4.74 Å². The Bertz CT molecular complexity index is 652. The van der Waals surface area contributed by atoms with Gasteiger partial charge in [-0.2, -0.15) is 0 Å². The Kier molecular flexibility index (Phi) is 7.79. The summed E-state index contributed by atoms with van der Waals surface area (Å²) in [6.45, 7) is 5.14. The van der Waals surface area contributed by atoms with E-state index in [9.17, 15) is 4.79 Å². The first-order valence-corrected chi connectivity index (χ1v) is 11.0. The van der Waals surface area contributed by atoms with E-state index in [4.69, 9.17) is 4.74 Å². The summed E-state index contributed by atoms with van der Waals surface area (Å²) in [5, 5.41) is 3.17. The summed E-state index contributed by atoms with van der Waals surface area (Å²) in [6, 6.07) is 9.79. The fourth-order valence-electron chi connectivity index (χ4n) is 2.89. The van der Waals surface area contributed by atoms with Gasteiger partial charge in [0, 0.05) is 43.5 Å². The number of ether oxygens (including phenoxy) is 1. The molecule has 1 aliphatic heterocycles. The van der Waals surface area contributed by atoms with Crippen LogP contribution in [0.5, 0.6) is 5.75 Å². The molecule has 2 heterocycles. The Morgan fingerprint density at radius 3 is 2.88 bits per heavy atom. The summed E-state index contributed by atoms with van der Waals surface area (Å²) >= 11 is 3.34. The van der Waals surface area contributed by atoms with Crippen molar-refractivity contribution in [3.8, 4) is 5.75 Å². The molecule has 1 fully saturated rings. The Labute approximate surface area is 163 Å². The van der Waals surface area contributed by atoms with Crippen LogP contribution in [0, 0.1) is 0 Å². The van der Waals surface area contributed by atoms with Crippen LogP contribution >= 0.6 is 23.1 Å². The minimum absolute atomic E-state index is 0.241. The molecular weight excluding hydrogens is 366 g/mol. The lowest BCUT2D eigenvalue weighted by Gasteiger charge is -2.21. The van der Waals surface area contributed by atoms with Gasteiger partial charge in [0.25, 0.3) is 0 Å². The Balaban J connectivity index is 1.31. The zero-order valence-electron chi connectivity index (χ0n) is 14.9. The van der Waals surface area contributed by atoms with Gasteiger partial charge in [-0.05, 0) is 18.6 Å². The highest BCUT2D eigenvalue weighted by Crippen LogP contribution is 2.13. The van der Waals surface area contributed by atoms with Crippen molar-refractivity contribution in [2.45, 2.75) is 13.0 Å². The van der Waals surface area contributed by atoms with Gasteiger partial charge in [-0.3, -0.25) is 9.69 Å². The molecule has 0 saturated carbocycles. The van der Waals surface area contributed by atoms with Crippen molar-refractivity contribution < 1.29 is 9.53 Å². The SMILES string of the molecule is O=C(CSCCOc1ccccc1)N1CCCN(Cc2nccs2)CC1. The van der Waals surface area contributed by atoms with Crippen molar-refractivity contribution in [3.05, 3.63) is 46.9 Å². The predicted octanol–water partition coefficient (Wildman–Crippen LogP) is 2.99. The number of carbonyl (C=O) groups excluding carboxylic acids is 1. The van der Waals surface area contributed by atoms with Gasteiger partial charge in [0.1, 0.15) is 10.8 Å². The second kappa shape index (κ2) is 10.5. The second-order valence-corrected chi connectivity index (χ2v) is 8.23. The molecule has 1 aliphatic rings. The van der Waals surface area contributed by atoms with Crippen LogP contribution in [0.4, 0.5) is 0 Å². The number of amides is 1. The third kappa shape index (κ3) is 6.30. The lowest BCUT2D eigenvalue weighted by Crippen LogP contribution is -2.36. The van der Waals surface area contributed by atoms with Gasteiger partial charge >= 0.3 is 0 Å². The van der Waals surface area contributed by atoms with E-state index in [0.717, 1.165) is 55.7 Å². The zero-order valence-corrected chi connectivity index (χ0v) is 16.5. The van der Waals surface area contributed by atoms with Gasteiger partial charge in [-0.25, -0.2) is 4.98 Å². The van der Waals surface area contributed by atoms with Crippen molar-refractivity contribution in [3.63, 3.8) is 0 Å². The molecule has 1 aromatic carbocycles. The van der Waals surface area contributed by atoms with Crippen LogP contribution in [-0.2, 0) is 11.3 Å². The summed E-state index contributed by atoms with van der Waals surface area (Å²) < 4.78 is 5.66. The minimum atomic E-state index is 0.241. The highest BCUT2D eigenvalue weighted by Gasteiger charge is 2.19. The summed E-state index contributed by atoms with van der Waals surface area (Å²) in [5.41, 5.74) is 0. The van der Waals surface area contributed by atoms with Crippen LogP contribution in [0.3, 0.4) is 0 Å². The topological polar surface area (TPSA) is 45.7 Å². The summed E-state index contributed by atoms with van der Waals surface area (Å²) in [4.78, 5) is 21.2. The molecule has 0 N–H and O–H groups in total. The van der Waals surface area contributed by atoms with Crippen LogP contribution in [0.2, 0.25) is 0 Å². The summed E-state index contributed by atoms with van der Waals surface area (Å²) in [7, 11) is 0. The number of carbonyl (C=O) groups is 1. The molecule has 1 saturated heterocycles. The minimum Gasteiger partial charge on any atom is -0.493 e. The van der Waals surface area contributed by atoms with Gasteiger partial charge in [-0.1, -0.05) is 18.2 Å². The highest BCUT2D eigenvalue weighted by atomic mass is 32.2. The van der Waals surface area contributed by atoms with Crippen LogP contribution in [0.25, 0.3) is 0 Å². The number of benzene rings is 1. The number of hydrogen-bond acceptors (Lipinski definition) is 6. The maximum absolute atomic E-state index is 12.4. The summed E-state index contributed by atoms with van der Waals surface area (Å²) in [6.07, 6.45) is 2.88. The van der Waals surface area contributed by atoms with Crippen LogP contribution in [-0.4, -0.2) is 65.0 Å². The third-order valence-corrected chi connectivity index (χ3v) is 5.92. The molecule has 0 atom stereocenters. The normalized spacial score (nSPS) is 15.6. The van der Waals surface area contributed by atoms with Crippen molar-refractivity contribution in [1.29, 1.82) is 0 Å². The first kappa shape index (κ1) is 19.2. The average molecular weight is 392 g/mol. The van der Waals surface area contributed by atoms with E-state index in [1.165, 1.54) is 0 Å². The molecule has 0 bridgehead atoms. The predicted molar refractivity (Wildman–Crippen MR) is 108 cm³/mol. The van der Waals surface area contributed by atoms with E-state index in [0.29, 0.717) is 12.4 Å². The molecule has 7 heteroatoms. The third-order valence-electron chi connectivity index (χ3n) is 4.25. The van der Waals surface area contributed by atoms with Gasteiger partial charge in [0.15, 0.2) is 0 Å². The molecule has 1 aromatic heterocycles. The lowest BCUT2D eigenvalue weighted by molar-refractivity contribution is -0.128. The Morgan fingerprint density at radius 2 is 2.08 bits per heavy atom. The van der Waals surface area contributed by atoms with E-state index in [1.807, 2.05) is 46.8 Å². The van der Waals surface area contributed by atoms with E-state index in [1.54, 1.807) is 23.1 Å². The largest absolute Gasteiger partial charge is 0.493 e. The lowest BCUT2D eigenvalue weighted by atomic mass is 10.3. The Hall–Kier alpha value is -1.57. The first-order valence-electron chi connectivity index (χ1n) is 8.95. The second-order valence-electron chi connectivity index (χ2n) is 6.15. The van der Waals surface area contributed by atoms with Gasteiger partial charge < -0.3 is 9.64 Å². The Morgan fingerprint density at radius 1 is 1.19 bits per heavy atom. The zero-order chi connectivity index (χ0) is 18.0. The molecule has 2 aromatic rings. The molecular formula is C19H25N3O2S2. The van der Waals surface area contributed by atoms with E-state index in [2.05, 4.69) is 9.88 Å². The molecule has 0 aliphatic carbocycles. The van der Waals surface area contributed by atoms with E-state index in [-0.39, 0.29) is 5.91 Å². The van der Waals surface area contributed by atoms with Gasteiger partial charge in [0.05, 0.1) is 18.9 Å². The summed E-state index contributed by atoms with van der Waals surface area (Å²) in [5.74, 6) is 2.48. The number of para-hydroxylation sites is 1. The van der Waals surface area contributed by atoms with Gasteiger partial charge in [0.2, 0.25) is 5.91 Å². The van der Waals surface area contributed by atoms with E-state index < -0.39 is 0 Å². The average Bonchev–Trinajstić information content (AvgIpc) is 3.06. The molecule has 140 valence electrons. The maximum Gasteiger partial charge on any atom is 0.232 e. The highest BCUT2D eigenvalue weighted by molar-refractivity contribution is 7.99. The molecule has 0 radical (unpaired) electrons. The quantitative estimate of drug-likeness (QED) is 0.648. The molecule has 0 unspecified atom stereocenters. The van der Waals surface area contributed by atoms with Crippen molar-refractivity contribution in [2.24, 2.45) is 0 Å². The van der Waals surface area contributed by atoms with Crippen molar-refractivity contribution in [2.75, 3.05) is 44.3 Å². The number of thiazole rings is 1. The number of rotatable bonds is 8. The van der Waals surface area contributed by atoms with Crippen molar-refractivity contribution >= 4 is 29.0 Å².